The van der Waals surface area contributed by atoms with Crippen molar-refractivity contribution in [3.63, 3.8) is 0 Å². The molecule has 0 atom stereocenters. The van der Waals surface area contributed by atoms with Gasteiger partial charge in [-0.15, -0.1) is 0 Å². The third kappa shape index (κ3) is 4.97. The number of carbonyl (C=O) groups excluding carboxylic acids is 1. The molecule has 0 aromatic heterocycles. The van der Waals surface area contributed by atoms with E-state index in [-0.39, 0.29) is 6.03 Å². The number of hydrogen-bond acceptors (Lipinski definition) is 2. The number of halogens is 1. The van der Waals surface area contributed by atoms with E-state index >= 15 is 0 Å². The van der Waals surface area contributed by atoms with Gasteiger partial charge in [0.05, 0.1) is 11.6 Å². The lowest BCUT2D eigenvalue weighted by atomic mass is 10.1. The lowest BCUT2D eigenvalue weighted by molar-refractivity contribution is 0.247. The van der Waals surface area contributed by atoms with Crippen LogP contribution in [0.2, 0.25) is 5.02 Å². The number of amides is 2. The lowest BCUT2D eigenvalue weighted by Crippen LogP contribution is -2.32. The first-order valence-corrected chi connectivity index (χ1v) is 7.43. The van der Waals surface area contributed by atoms with Crippen molar-refractivity contribution in [1.82, 2.24) is 5.32 Å². The highest BCUT2D eigenvalue weighted by atomic mass is 35.5. The molecule has 22 heavy (non-hydrogen) atoms. The Morgan fingerprint density at radius 2 is 1.82 bits per heavy atom. The molecule has 116 valence electrons. The summed E-state index contributed by atoms with van der Waals surface area (Å²) in [6.45, 7) is 4.73. The van der Waals surface area contributed by atoms with E-state index in [2.05, 4.69) is 16.7 Å². The minimum Gasteiger partial charge on any atom is -0.490 e. The zero-order valence-electron chi connectivity index (χ0n) is 12.7. The predicted octanol–water partition coefficient (Wildman–Crippen LogP) is 4.16. The fraction of sp³-hybridized carbons (Fsp3) is 0.235. The maximum absolute atomic E-state index is 11.8. The number of aryl methyl sites for hydroxylation is 2. The number of anilines is 1. The monoisotopic (exact) mass is 318 g/mol. The summed E-state index contributed by atoms with van der Waals surface area (Å²) in [6, 6.07) is 12.9. The second-order valence-corrected chi connectivity index (χ2v) is 5.44. The highest BCUT2D eigenvalue weighted by Crippen LogP contribution is 2.22. The molecule has 0 fully saturated rings. The maximum Gasteiger partial charge on any atom is 0.319 e. The average molecular weight is 319 g/mol. The van der Waals surface area contributed by atoms with Crippen LogP contribution in [0.15, 0.2) is 42.5 Å². The van der Waals surface area contributed by atoms with E-state index in [1.54, 1.807) is 12.1 Å². The highest BCUT2D eigenvalue weighted by molar-refractivity contribution is 6.32. The maximum atomic E-state index is 11.8. The molecule has 0 bridgehead atoms. The number of rotatable bonds is 5. The van der Waals surface area contributed by atoms with Gasteiger partial charge in [0.25, 0.3) is 0 Å². The molecule has 0 unspecified atom stereocenters. The third-order valence-corrected chi connectivity index (χ3v) is 3.27. The number of benzene rings is 2. The second kappa shape index (κ2) is 7.71. The van der Waals surface area contributed by atoms with E-state index < -0.39 is 0 Å². The highest BCUT2D eigenvalue weighted by Gasteiger charge is 2.03. The van der Waals surface area contributed by atoms with Crippen LogP contribution in [0.1, 0.15) is 11.1 Å². The van der Waals surface area contributed by atoms with Crippen molar-refractivity contribution in [3.05, 3.63) is 58.6 Å². The van der Waals surface area contributed by atoms with Crippen LogP contribution in [0.4, 0.5) is 10.5 Å². The third-order valence-electron chi connectivity index (χ3n) is 2.96. The van der Waals surface area contributed by atoms with Gasteiger partial charge >= 0.3 is 6.03 Å². The van der Waals surface area contributed by atoms with Crippen LogP contribution < -0.4 is 15.4 Å². The largest absolute Gasteiger partial charge is 0.490 e. The van der Waals surface area contributed by atoms with Gasteiger partial charge in [-0.3, -0.25) is 0 Å². The molecule has 0 aliphatic heterocycles. The molecule has 2 amide bonds. The standard InChI is InChI=1S/C17H19ClN2O2/c1-12-9-13(2)11-14(10-12)20-17(21)19-7-8-22-16-6-4-3-5-15(16)18/h3-6,9-11H,7-8H2,1-2H3,(H2,19,20,21). The summed E-state index contributed by atoms with van der Waals surface area (Å²) in [5, 5.41) is 6.10. The number of carbonyl (C=O) groups is 1. The Labute approximate surface area is 135 Å². The number of urea groups is 1. The molecule has 0 spiro atoms. The molecule has 2 aromatic carbocycles. The van der Waals surface area contributed by atoms with Crippen LogP contribution in [0.3, 0.4) is 0 Å². The summed E-state index contributed by atoms with van der Waals surface area (Å²) in [5.74, 6) is 0.612. The Hall–Kier alpha value is -2.20. The Morgan fingerprint density at radius 3 is 2.50 bits per heavy atom. The van der Waals surface area contributed by atoms with Crippen LogP contribution in [-0.4, -0.2) is 19.2 Å². The van der Waals surface area contributed by atoms with E-state index in [1.165, 1.54) is 0 Å². The van der Waals surface area contributed by atoms with Gasteiger partial charge in [-0.05, 0) is 49.2 Å². The van der Waals surface area contributed by atoms with Gasteiger partial charge in [-0.1, -0.05) is 29.8 Å². The summed E-state index contributed by atoms with van der Waals surface area (Å²) in [5.41, 5.74) is 3.00. The lowest BCUT2D eigenvalue weighted by Gasteiger charge is -2.10. The fourth-order valence-electron chi connectivity index (χ4n) is 2.11. The van der Waals surface area contributed by atoms with E-state index in [1.807, 2.05) is 38.1 Å². The summed E-state index contributed by atoms with van der Waals surface area (Å²) < 4.78 is 5.50. The SMILES string of the molecule is Cc1cc(C)cc(NC(=O)NCCOc2ccccc2Cl)c1. The molecule has 4 nitrogen and oxygen atoms in total. The first kappa shape index (κ1) is 16.2. The van der Waals surface area contributed by atoms with E-state index in [0.29, 0.717) is 23.9 Å². The smallest absolute Gasteiger partial charge is 0.319 e. The molecular formula is C17H19ClN2O2. The van der Waals surface area contributed by atoms with Gasteiger partial charge in [-0.25, -0.2) is 4.79 Å². The van der Waals surface area contributed by atoms with Gasteiger partial charge in [0.2, 0.25) is 0 Å². The van der Waals surface area contributed by atoms with Crippen LogP contribution >= 0.6 is 11.6 Å². The fourth-order valence-corrected chi connectivity index (χ4v) is 2.30. The molecule has 0 aliphatic rings. The Kier molecular flexibility index (Phi) is 5.67. The van der Waals surface area contributed by atoms with Crippen molar-refractivity contribution in [2.45, 2.75) is 13.8 Å². The predicted molar refractivity (Wildman–Crippen MR) is 89.9 cm³/mol. The molecule has 0 saturated carbocycles. The van der Waals surface area contributed by atoms with Crippen molar-refractivity contribution in [1.29, 1.82) is 0 Å². The van der Waals surface area contributed by atoms with E-state index in [9.17, 15) is 4.79 Å². The summed E-state index contributed by atoms with van der Waals surface area (Å²) >= 11 is 5.98. The average Bonchev–Trinajstić information content (AvgIpc) is 2.44. The zero-order chi connectivity index (χ0) is 15.9. The minimum atomic E-state index is -0.257. The van der Waals surface area contributed by atoms with Crippen LogP contribution in [0.5, 0.6) is 5.75 Å². The van der Waals surface area contributed by atoms with Crippen molar-refractivity contribution in [2.75, 3.05) is 18.5 Å². The topological polar surface area (TPSA) is 50.4 Å². The summed E-state index contributed by atoms with van der Waals surface area (Å²) in [7, 11) is 0. The van der Waals surface area contributed by atoms with Crippen LogP contribution in [0, 0.1) is 13.8 Å². The normalized spacial score (nSPS) is 10.1. The van der Waals surface area contributed by atoms with Gasteiger partial charge < -0.3 is 15.4 Å². The summed E-state index contributed by atoms with van der Waals surface area (Å²) in [4.78, 5) is 11.8. The van der Waals surface area contributed by atoms with Crippen LogP contribution in [0.25, 0.3) is 0 Å². The Balaban J connectivity index is 1.75. The number of nitrogens with one attached hydrogen (secondary N) is 2. The molecule has 0 saturated heterocycles. The quantitative estimate of drug-likeness (QED) is 0.813. The minimum absolute atomic E-state index is 0.257. The van der Waals surface area contributed by atoms with Crippen molar-refractivity contribution in [2.24, 2.45) is 0 Å². The van der Waals surface area contributed by atoms with Gasteiger partial charge in [-0.2, -0.15) is 0 Å². The Bertz CT molecular complexity index is 639. The van der Waals surface area contributed by atoms with Gasteiger partial charge in [0, 0.05) is 5.69 Å². The zero-order valence-corrected chi connectivity index (χ0v) is 13.4. The molecule has 0 radical (unpaired) electrons. The first-order chi connectivity index (χ1) is 10.5. The van der Waals surface area contributed by atoms with Crippen LogP contribution in [-0.2, 0) is 0 Å². The Morgan fingerprint density at radius 1 is 1.14 bits per heavy atom. The molecule has 2 rings (SSSR count). The molecule has 2 N–H and O–H groups in total. The first-order valence-electron chi connectivity index (χ1n) is 7.05. The summed E-state index contributed by atoms with van der Waals surface area (Å²) in [6.07, 6.45) is 0. The van der Waals surface area contributed by atoms with E-state index in [4.69, 9.17) is 16.3 Å². The van der Waals surface area contributed by atoms with Gasteiger partial charge in [0.15, 0.2) is 0 Å². The molecule has 5 heteroatoms. The molecule has 0 aliphatic carbocycles. The van der Waals surface area contributed by atoms with Crippen molar-refractivity contribution in [3.8, 4) is 5.75 Å². The molecule has 2 aromatic rings. The number of para-hydroxylation sites is 1. The van der Waals surface area contributed by atoms with Crippen molar-refractivity contribution < 1.29 is 9.53 Å². The molecular weight excluding hydrogens is 300 g/mol. The second-order valence-electron chi connectivity index (χ2n) is 5.04. The number of hydrogen-bond donors (Lipinski definition) is 2. The van der Waals surface area contributed by atoms with Crippen molar-refractivity contribution >= 4 is 23.3 Å². The van der Waals surface area contributed by atoms with E-state index in [0.717, 1.165) is 16.8 Å². The molecule has 0 heterocycles. The number of ether oxygens (including phenoxy) is 1. The van der Waals surface area contributed by atoms with Gasteiger partial charge in [0.1, 0.15) is 12.4 Å².